The minimum atomic E-state index is -1.57. The first kappa shape index (κ1) is 14.0. The third kappa shape index (κ3) is 2.62. The Morgan fingerprint density at radius 1 is 1.21 bits per heavy atom. The maximum absolute atomic E-state index is 10.8. The molecule has 0 radical (unpaired) electrons. The van der Waals surface area contributed by atoms with Crippen LogP contribution in [0.15, 0.2) is 46.9 Å². The molecule has 0 fully saturated rings. The predicted octanol–water partition coefficient (Wildman–Crippen LogP) is 3.55. The van der Waals surface area contributed by atoms with Crippen molar-refractivity contribution in [3.63, 3.8) is 0 Å². The number of aliphatic hydroxyl groups is 1. The van der Waals surface area contributed by atoms with Crippen molar-refractivity contribution in [2.75, 3.05) is 5.73 Å². The largest absolute Gasteiger partial charge is 0.398 e. The molecule has 3 N–H and O–H groups in total. The summed E-state index contributed by atoms with van der Waals surface area (Å²) in [6.07, 6.45) is 5.52. The highest BCUT2D eigenvalue weighted by molar-refractivity contribution is 9.10. The monoisotopic (exact) mass is 335 g/mol. The van der Waals surface area contributed by atoms with E-state index in [1.165, 1.54) is 0 Å². The van der Waals surface area contributed by atoms with Crippen molar-refractivity contribution in [1.29, 1.82) is 0 Å². The summed E-state index contributed by atoms with van der Waals surface area (Å²) in [5.74, 6) is 2.41. The third-order valence-electron chi connectivity index (χ3n) is 2.87. The van der Waals surface area contributed by atoms with Gasteiger partial charge >= 0.3 is 0 Å². The van der Waals surface area contributed by atoms with E-state index in [0.29, 0.717) is 21.8 Å². The zero-order valence-corrected chi connectivity index (χ0v) is 12.2. The average Bonchev–Trinajstić information content (AvgIpc) is 2.38. The van der Waals surface area contributed by atoms with Gasteiger partial charge in [0.05, 0.1) is 0 Å². The maximum Gasteiger partial charge on any atom is 0.178 e. The van der Waals surface area contributed by atoms with Crippen LogP contribution < -0.4 is 5.73 Å². The highest BCUT2D eigenvalue weighted by Gasteiger charge is 2.31. The van der Waals surface area contributed by atoms with Crippen molar-refractivity contribution < 1.29 is 5.11 Å². The van der Waals surface area contributed by atoms with Crippen LogP contribution in [0.25, 0.3) is 0 Å². The summed E-state index contributed by atoms with van der Waals surface area (Å²) in [5.41, 5.74) is 5.71. The topological polar surface area (TPSA) is 46.2 Å². The number of rotatable bonds is 2. The zero-order chi connectivity index (χ0) is 14.0. The van der Waals surface area contributed by atoms with Gasteiger partial charge in [0.15, 0.2) is 5.60 Å². The number of halogens is 2. The van der Waals surface area contributed by atoms with Gasteiger partial charge in [0, 0.05) is 26.3 Å². The van der Waals surface area contributed by atoms with Crippen molar-refractivity contribution >= 4 is 33.2 Å². The average molecular weight is 337 g/mol. The van der Waals surface area contributed by atoms with Crippen LogP contribution in [0, 0.1) is 12.3 Å². The molecule has 1 atom stereocenters. The molecule has 2 nitrogen and oxygen atoms in total. The number of terminal acetylenes is 1. The van der Waals surface area contributed by atoms with Gasteiger partial charge in [0.2, 0.25) is 0 Å². The Labute approximate surface area is 125 Å². The Kier molecular flexibility index (Phi) is 3.86. The molecule has 1 unspecified atom stereocenters. The highest BCUT2D eigenvalue weighted by Crippen LogP contribution is 2.34. The Balaban J connectivity index is 2.60. The summed E-state index contributed by atoms with van der Waals surface area (Å²) in [4.78, 5) is 0. The second-order valence-electron chi connectivity index (χ2n) is 4.09. The first-order valence-electron chi connectivity index (χ1n) is 5.49. The van der Waals surface area contributed by atoms with E-state index in [-0.39, 0.29) is 0 Å². The number of hydrogen-bond acceptors (Lipinski definition) is 2. The molecule has 0 amide bonds. The molecule has 0 saturated heterocycles. The molecule has 0 spiro atoms. The molecule has 2 aromatic rings. The molecule has 0 aliphatic rings. The van der Waals surface area contributed by atoms with Gasteiger partial charge in [-0.2, -0.15) is 0 Å². The standard InChI is InChI=1S/C15H11BrClNO/c1-2-15(19,10-3-5-11(16)6-4-10)13-8-7-12(17)9-14(13)18/h1,3-9,19H,18H2. The quantitative estimate of drug-likeness (QED) is 0.651. The van der Waals surface area contributed by atoms with Crippen LogP contribution in [0.1, 0.15) is 11.1 Å². The van der Waals surface area contributed by atoms with Gasteiger partial charge in [0.1, 0.15) is 0 Å². The van der Waals surface area contributed by atoms with Crippen LogP contribution >= 0.6 is 27.5 Å². The van der Waals surface area contributed by atoms with Gasteiger partial charge in [0.25, 0.3) is 0 Å². The van der Waals surface area contributed by atoms with Crippen LogP contribution in [-0.2, 0) is 5.60 Å². The fourth-order valence-corrected chi connectivity index (χ4v) is 2.32. The predicted molar refractivity (Wildman–Crippen MR) is 81.8 cm³/mol. The number of anilines is 1. The van der Waals surface area contributed by atoms with Crippen molar-refractivity contribution in [2.45, 2.75) is 5.60 Å². The first-order valence-corrected chi connectivity index (χ1v) is 6.66. The number of nitrogens with two attached hydrogens (primary N) is 1. The molecule has 0 aliphatic heterocycles. The molecule has 2 aromatic carbocycles. The first-order chi connectivity index (χ1) is 8.97. The van der Waals surface area contributed by atoms with Crippen molar-refractivity contribution in [3.05, 3.63) is 63.1 Å². The Bertz CT molecular complexity index is 648. The Morgan fingerprint density at radius 2 is 1.84 bits per heavy atom. The van der Waals surface area contributed by atoms with Crippen LogP contribution in [0.3, 0.4) is 0 Å². The van der Waals surface area contributed by atoms with E-state index in [9.17, 15) is 5.11 Å². The summed E-state index contributed by atoms with van der Waals surface area (Å²) in [6, 6.07) is 12.0. The Morgan fingerprint density at radius 3 is 2.37 bits per heavy atom. The third-order valence-corrected chi connectivity index (χ3v) is 3.64. The van der Waals surface area contributed by atoms with Crippen LogP contribution in [0.4, 0.5) is 5.69 Å². The van der Waals surface area contributed by atoms with E-state index >= 15 is 0 Å². The summed E-state index contributed by atoms with van der Waals surface area (Å²) in [5, 5.41) is 11.2. The highest BCUT2D eigenvalue weighted by atomic mass is 79.9. The fourth-order valence-electron chi connectivity index (χ4n) is 1.87. The second-order valence-corrected chi connectivity index (χ2v) is 5.45. The fraction of sp³-hybridized carbons (Fsp3) is 0.0667. The maximum atomic E-state index is 10.8. The number of hydrogen-bond donors (Lipinski definition) is 2. The molecule has 0 saturated carbocycles. The SMILES string of the molecule is C#CC(O)(c1ccc(Br)cc1)c1ccc(Cl)cc1N. The van der Waals surface area contributed by atoms with E-state index in [2.05, 4.69) is 21.9 Å². The molecule has 0 heterocycles. The van der Waals surface area contributed by atoms with Crippen molar-refractivity contribution in [2.24, 2.45) is 0 Å². The lowest BCUT2D eigenvalue weighted by Gasteiger charge is -2.25. The summed E-state index contributed by atoms with van der Waals surface area (Å²) in [6.45, 7) is 0. The van der Waals surface area contributed by atoms with Crippen molar-refractivity contribution in [3.8, 4) is 12.3 Å². The Hall–Kier alpha value is -1.47. The number of benzene rings is 2. The number of nitrogen functional groups attached to an aromatic ring is 1. The van der Waals surface area contributed by atoms with E-state index in [0.717, 1.165) is 4.47 Å². The van der Waals surface area contributed by atoms with E-state index in [1.54, 1.807) is 30.3 Å². The van der Waals surface area contributed by atoms with Gasteiger partial charge < -0.3 is 10.8 Å². The molecule has 96 valence electrons. The van der Waals surface area contributed by atoms with Gasteiger partial charge in [-0.1, -0.05) is 51.7 Å². The minimum Gasteiger partial charge on any atom is -0.398 e. The smallest absolute Gasteiger partial charge is 0.178 e. The van der Waals surface area contributed by atoms with Gasteiger partial charge in [-0.3, -0.25) is 0 Å². The van der Waals surface area contributed by atoms with E-state index in [1.807, 2.05) is 12.1 Å². The molecule has 4 heteroatoms. The molecular formula is C15H11BrClNO. The van der Waals surface area contributed by atoms with Crippen molar-refractivity contribution in [1.82, 2.24) is 0 Å². The van der Waals surface area contributed by atoms with E-state index in [4.69, 9.17) is 23.8 Å². The molecular weight excluding hydrogens is 326 g/mol. The van der Waals surface area contributed by atoms with Crippen LogP contribution in [0.5, 0.6) is 0 Å². The lowest BCUT2D eigenvalue weighted by Crippen LogP contribution is -2.26. The lowest BCUT2D eigenvalue weighted by molar-refractivity contribution is 0.146. The normalized spacial score (nSPS) is 13.6. The molecule has 2 rings (SSSR count). The minimum absolute atomic E-state index is 0.357. The lowest BCUT2D eigenvalue weighted by atomic mass is 9.86. The zero-order valence-electron chi connectivity index (χ0n) is 9.90. The van der Waals surface area contributed by atoms with Gasteiger partial charge in [-0.15, -0.1) is 6.42 Å². The molecule has 0 bridgehead atoms. The van der Waals surface area contributed by atoms with Crippen LogP contribution in [-0.4, -0.2) is 5.11 Å². The van der Waals surface area contributed by atoms with Gasteiger partial charge in [-0.25, -0.2) is 0 Å². The van der Waals surface area contributed by atoms with Crippen LogP contribution in [0.2, 0.25) is 5.02 Å². The summed E-state index contributed by atoms with van der Waals surface area (Å²) >= 11 is 9.20. The molecule has 0 aliphatic carbocycles. The molecule has 19 heavy (non-hydrogen) atoms. The molecule has 0 aromatic heterocycles. The summed E-state index contributed by atoms with van der Waals surface area (Å²) < 4.78 is 0.902. The van der Waals surface area contributed by atoms with Gasteiger partial charge in [-0.05, 0) is 24.3 Å². The van der Waals surface area contributed by atoms with E-state index < -0.39 is 5.60 Å². The summed E-state index contributed by atoms with van der Waals surface area (Å²) in [7, 11) is 0. The second kappa shape index (κ2) is 5.26.